The van der Waals surface area contributed by atoms with Gasteiger partial charge in [-0.05, 0) is 44.7 Å². The minimum Gasteiger partial charge on any atom is -0.383 e. The normalized spacial score (nSPS) is 21.7. The highest BCUT2D eigenvalue weighted by atomic mass is 16.5. The molecule has 2 heterocycles. The Balaban J connectivity index is 1.44. The second-order valence-corrected chi connectivity index (χ2v) is 6.30. The molecule has 0 radical (unpaired) electrons. The van der Waals surface area contributed by atoms with Crippen LogP contribution in [0, 0.1) is 5.92 Å². The van der Waals surface area contributed by atoms with Crippen LogP contribution in [0.25, 0.3) is 0 Å². The first-order chi connectivity index (χ1) is 10.7. The van der Waals surface area contributed by atoms with Crippen molar-refractivity contribution in [3.63, 3.8) is 0 Å². The Morgan fingerprint density at radius 1 is 1.41 bits per heavy atom. The van der Waals surface area contributed by atoms with E-state index in [0.29, 0.717) is 24.3 Å². The van der Waals surface area contributed by atoms with E-state index in [-0.39, 0.29) is 11.8 Å². The Labute approximate surface area is 130 Å². The summed E-state index contributed by atoms with van der Waals surface area (Å²) in [4.78, 5) is 18.4. The molecule has 7 heteroatoms. The van der Waals surface area contributed by atoms with E-state index in [1.807, 2.05) is 6.92 Å². The van der Waals surface area contributed by atoms with E-state index in [1.165, 1.54) is 0 Å². The van der Waals surface area contributed by atoms with Crippen molar-refractivity contribution < 1.29 is 14.4 Å². The van der Waals surface area contributed by atoms with Crippen LogP contribution in [0.1, 0.15) is 44.3 Å². The number of piperidine rings is 1. The molecule has 2 aliphatic rings. The molecule has 1 saturated carbocycles. The fourth-order valence-electron chi connectivity index (χ4n) is 2.85. The van der Waals surface area contributed by atoms with E-state index in [2.05, 4.69) is 20.4 Å². The van der Waals surface area contributed by atoms with Crippen molar-refractivity contribution in [2.24, 2.45) is 5.92 Å². The molecule has 1 atom stereocenters. The van der Waals surface area contributed by atoms with Crippen molar-refractivity contribution in [1.29, 1.82) is 0 Å². The lowest BCUT2D eigenvalue weighted by molar-refractivity contribution is -0.133. The van der Waals surface area contributed by atoms with Crippen molar-refractivity contribution in [2.75, 3.05) is 13.1 Å². The maximum atomic E-state index is 11.9. The van der Waals surface area contributed by atoms with Crippen LogP contribution in [0.5, 0.6) is 0 Å². The van der Waals surface area contributed by atoms with Gasteiger partial charge in [-0.15, -0.1) is 0 Å². The molecule has 1 amide bonds. The maximum Gasteiger partial charge on any atom is 0.249 e. The van der Waals surface area contributed by atoms with Gasteiger partial charge in [0.25, 0.3) is 0 Å². The second kappa shape index (κ2) is 6.75. The smallest absolute Gasteiger partial charge is 0.249 e. The van der Waals surface area contributed by atoms with Crippen molar-refractivity contribution in [1.82, 2.24) is 20.4 Å². The molecule has 0 unspecified atom stereocenters. The van der Waals surface area contributed by atoms with E-state index in [9.17, 15) is 9.90 Å². The van der Waals surface area contributed by atoms with Crippen LogP contribution in [0.3, 0.4) is 0 Å². The molecule has 7 nitrogen and oxygen atoms in total. The summed E-state index contributed by atoms with van der Waals surface area (Å²) in [7, 11) is 0. The number of carbonyl (C=O) groups excluding carboxylic acids is 1. The minimum atomic E-state index is -0.875. The summed E-state index contributed by atoms with van der Waals surface area (Å²) >= 11 is 0. The predicted molar refractivity (Wildman–Crippen MR) is 78.8 cm³/mol. The highest BCUT2D eigenvalue weighted by molar-refractivity contribution is 5.81. The van der Waals surface area contributed by atoms with Crippen LogP contribution in [-0.4, -0.2) is 51.3 Å². The number of hydrogen-bond donors (Lipinski definition) is 2. The third-order valence-corrected chi connectivity index (χ3v) is 4.45. The zero-order valence-corrected chi connectivity index (χ0v) is 13.0. The first-order valence-corrected chi connectivity index (χ1v) is 8.18. The zero-order valence-electron chi connectivity index (χ0n) is 13.0. The van der Waals surface area contributed by atoms with E-state index in [0.717, 1.165) is 45.2 Å². The molecule has 1 aromatic rings. The van der Waals surface area contributed by atoms with Gasteiger partial charge < -0.3 is 14.9 Å². The molecule has 22 heavy (non-hydrogen) atoms. The van der Waals surface area contributed by atoms with E-state index < -0.39 is 6.10 Å². The van der Waals surface area contributed by atoms with E-state index in [4.69, 9.17) is 4.52 Å². The van der Waals surface area contributed by atoms with Gasteiger partial charge in [-0.3, -0.25) is 9.69 Å². The summed E-state index contributed by atoms with van der Waals surface area (Å²) in [5.74, 6) is 1.22. The molecule has 1 aromatic heterocycles. The SMILES string of the molecule is CCc1nc(CN2CCC([C@@H](O)C(=O)NC3CC3)CC2)no1. The van der Waals surface area contributed by atoms with Gasteiger partial charge in [0, 0.05) is 12.5 Å². The highest BCUT2D eigenvalue weighted by Gasteiger charge is 2.33. The van der Waals surface area contributed by atoms with Gasteiger partial charge >= 0.3 is 0 Å². The molecule has 2 N–H and O–H groups in total. The number of aliphatic hydroxyl groups excluding tert-OH is 1. The number of nitrogens with zero attached hydrogens (tertiary/aromatic N) is 3. The Morgan fingerprint density at radius 2 is 2.14 bits per heavy atom. The standard InChI is InChI=1S/C15H24N4O3/c1-2-13-17-12(18-22-13)9-19-7-5-10(6-8-19)14(20)15(21)16-11-3-4-11/h10-11,14,20H,2-9H2,1H3,(H,16,21)/t14-/m1/s1. The summed E-state index contributed by atoms with van der Waals surface area (Å²) in [6, 6.07) is 0.299. The molecular weight excluding hydrogens is 284 g/mol. The van der Waals surface area contributed by atoms with Gasteiger partial charge in [0.2, 0.25) is 11.8 Å². The average molecular weight is 308 g/mol. The number of amides is 1. The molecule has 122 valence electrons. The zero-order chi connectivity index (χ0) is 15.5. The molecule has 0 spiro atoms. The lowest BCUT2D eigenvalue weighted by atomic mass is 9.90. The van der Waals surface area contributed by atoms with Crippen LogP contribution in [0.4, 0.5) is 0 Å². The molecule has 3 rings (SSSR count). The third-order valence-electron chi connectivity index (χ3n) is 4.45. The number of likely N-dealkylation sites (tertiary alicyclic amines) is 1. The van der Waals surface area contributed by atoms with E-state index >= 15 is 0 Å². The number of hydrogen-bond acceptors (Lipinski definition) is 6. The molecule has 2 fully saturated rings. The first-order valence-electron chi connectivity index (χ1n) is 8.18. The second-order valence-electron chi connectivity index (χ2n) is 6.30. The van der Waals surface area contributed by atoms with Crippen molar-refractivity contribution in [3.05, 3.63) is 11.7 Å². The average Bonchev–Trinajstić information content (AvgIpc) is 3.23. The topological polar surface area (TPSA) is 91.5 Å². The van der Waals surface area contributed by atoms with Crippen LogP contribution in [-0.2, 0) is 17.8 Å². The number of nitrogens with one attached hydrogen (secondary N) is 1. The van der Waals surface area contributed by atoms with Crippen LogP contribution < -0.4 is 5.32 Å². The van der Waals surface area contributed by atoms with Crippen LogP contribution in [0.15, 0.2) is 4.52 Å². The molecular formula is C15H24N4O3. The maximum absolute atomic E-state index is 11.9. The lowest BCUT2D eigenvalue weighted by Gasteiger charge is -2.33. The van der Waals surface area contributed by atoms with Crippen molar-refractivity contribution in [3.8, 4) is 0 Å². The summed E-state index contributed by atoms with van der Waals surface area (Å²) in [6.07, 6.45) is 3.59. The number of carbonyl (C=O) groups is 1. The third kappa shape index (κ3) is 3.84. The Kier molecular flexibility index (Phi) is 4.73. The van der Waals surface area contributed by atoms with Gasteiger partial charge in [0.1, 0.15) is 6.10 Å². The molecule has 1 saturated heterocycles. The Hall–Kier alpha value is -1.47. The van der Waals surface area contributed by atoms with Crippen LogP contribution in [0.2, 0.25) is 0 Å². The fraction of sp³-hybridized carbons (Fsp3) is 0.800. The molecule has 1 aliphatic carbocycles. The number of aryl methyl sites for hydroxylation is 1. The summed E-state index contributed by atoms with van der Waals surface area (Å²) in [5.41, 5.74) is 0. The fourth-order valence-corrected chi connectivity index (χ4v) is 2.85. The molecule has 1 aliphatic heterocycles. The number of rotatable bonds is 6. The summed E-state index contributed by atoms with van der Waals surface area (Å²) in [6.45, 7) is 4.33. The summed E-state index contributed by atoms with van der Waals surface area (Å²) < 4.78 is 5.11. The van der Waals surface area contributed by atoms with E-state index in [1.54, 1.807) is 0 Å². The van der Waals surface area contributed by atoms with Gasteiger partial charge in [0.15, 0.2) is 5.82 Å². The predicted octanol–water partition coefficient (Wildman–Crippen LogP) is 0.483. The van der Waals surface area contributed by atoms with Crippen molar-refractivity contribution in [2.45, 2.75) is 57.7 Å². The molecule has 0 aromatic carbocycles. The Bertz CT molecular complexity index is 507. The highest BCUT2D eigenvalue weighted by Crippen LogP contribution is 2.24. The number of aromatic nitrogens is 2. The van der Waals surface area contributed by atoms with Gasteiger partial charge in [0.05, 0.1) is 6.54 Å². The molecule has 0 bridgehead atoms. The largest absolute Gasteiger partial charge is 0.383 e. The van der Waals surface area contributed by atoms with Gasteiger partial charge in [-0.1, -0.05) is 12.1 Å². The minimum absolute atomic E-state index is 0.0477. The first kappa shape index (κ1) is 15.4. The van der Waals surface area contributed by atoms with Crippen LogP contribution >= 0.6 is 0 Å². The van der Waals surface area contributed by atoms with Gasteiger partial charge in [-0.2, -0.15) is 4.98 Å². The summed E-state index contributed by atoms with van der Waals surface area (Å²) in [5, 5.41) is 17.0. The van der Waals surface area contributed by atoms with Gasteiger partial charge in [-0.25, -0.2) is 0 Å². The number of aliphatic hydroxyl groups is 1. The lowest BCUT2D eigenvalue weighted by Crippen LogP contribution is -2.45. The van der Waals surface area contributed by atoms with Crippen molar-refractivity contribution >= 4 is 5.91 Å². The monoisotopic (exact) mass is 308 g/mol. The quantitative estimate of drug-likeness (QED) is 0.794. The Morgan fingerprint density at radius 3 is 2.73 bits per heavy atom.